The lowest BCUT2D eigenvalue weighted by molar-refractivity contribution is -0.130. The predicted molar refractivity (Wildman–Crippen MR) is 99.7 cm³/mol. The molecule has 2 amide bonds. The van der Waals surface area contributed by atoms with Crippen LogP contribution in [0.15, 0.2) is 40.6 Å². The Morgan fingerprint density at radius 1 is 1.29 bits per heavy atom. The van der Waals surface area contributed by atoms with E-state index < -0.39 is 0 Å². The van der Waals surface area contributed by atoms with Gasteiger partial charge in [-0.3, -0.25) is 9.59 Å². The Balaban J connectivity index is 1.62. The molecule has 0 fully saturated rings. The van der Waals surface area contributed by atoms with Crippen molar-refractivity contribution in [3.8, 4) is 0 Å². The number of benzene rings is 1. The van der Waals surface area contributed by atoms with Crippen molar-refractivity contribution in [2.45, 2.75) is 24.8 Å². The van der Waals surface area contributed by atoms with Gasteiger partial charge >= 0.3 is 0 Å². The topological polar surface area (TPSA) is 40.6 Å². The van der Waals surface area contributed by atoms with Gasteiger partial charge in [-0.25, -0.2) is 0 Å². The highest BCUT2D eigenvalue weighted by Crippen LogP contribution is 2.34. The number of aryl methyl sites for hydroxylation is 1. The molecule has 1 aliphatic heterocycles. The minimum atomic E-state index is 0.0614. The van der Waals surface area contributed by atoms with Gasteiger partial charge in [-0.15, -0.1) is 23.1 Å². The lowest BCUT2D eigenvalue weighted by Crippen LogP contribution is -2.38. The molecule has 2 heterocycles. The van der Waals surface area contributed by atoms with E-state index >= 15 is 0 Å². The number of hydrogen-bond donors (Lipinski definition) is 0. The molecule has 1 aromatic heterocycles. The number of fused-ring (bicyclic) bond motifs is 1. The van der Waals surface area contributed by atoms with Gasteiger partial charge in [-0.05, 0) is 36.1 Å². The van der Waals surface area contributed by atoms with E-state index in [0.717, 1.165) is 10.6 Å². The fraction of sp³-hybridized carbons (Fsp3) is 0.333. The second-order valence-corrected chi connectivity index (χ2v) is 7.85. The number of thiophene rings is 1. The normalized spacial score (nSPS) is 13.8. The number of hydrogen-bond acceptors (Lipinski definition) is 4. The maximum Gasteiger partial charge on any atom is 0.237 e. The Bertz CT molecular complexity index is 757. The SMILES string of the molecule is Cc1ccsc1CN(C)C(=O)CCN1C(=O)CSc2ccccc21. The zero-order chi connectivity index (χ0) is 17.1. The summed E-state index contributed by atoms with van der Waals surface area (Å²) in [5, 5.41) is 2.05. The molecule has 0 spiro atoms. The van der Waals surface area contributed by atoms with Crippen molar-refractivity contribution in [2.24, 2.45) is 0 Å². The van der Waals surface area contributed by atoms with Gasteiger partial charge < -0.3 is 9.80 Å². The van der Waals surface area contributed by atoms with Gasteiger partial charge in [0.25, 0.3) is 0 Å². The van der Waals surface area contributed by atoms with E-state index in [9.17, 15) is 9.59 Å². The highest BCUT2D eigenvalue weighted by atomic mass is 32.2. The van der Waals surface area contributed by atoms with E-state index in [1.807, 2.05) is 36.7 Å². The summed E-state index contributed by atoms with van der Waals surface area (Å²) in [6.07, 6.45) is 0.339. The predicted octanol–water partition coefficient (Wildman–Crippen LogP) is 3.54. The van der Waals surface area contributed by atoms with Crippen LogP contribution in [0.3, 0.4) is 0 Å². The van der Waals surface area contributed by atoms with Crippen molar-refractivity contribution in [3.05, 3.63) is 46.2 Å². The van der Waals surface area contributed by atoms with Crippen molar-refractivity contribution in [3.63, 3.8) is 0 Å². The molecule has 0 bridgehead atoms. The fourth-order valence-electron chi connectivity index (χ4n) is 2.67. The lowest BCUT2D eigenvalue weighted by Gasteiger charge is -2.29. The number of rotatable bonds is 5. The molecule has 2 aromatic rings. The number of carbonyl (C=O) groups excluding carboxylic acids is 2. The summed E-state index contributed by atoms with van der Waals surface area (Å²) < 4.78 is 0. The number of thioether (sulfide) groups is 1. The number of para-hydroxylation sites is 1. The molecule has 1 aromatic carbocycles. The Morgan fingerprint density at radius 2 is 2.08 bits per heavy atom. The first kappa shape index (κ1) is 17.0. The number of anilines is 1. The number of carbonyl (C=O) groups is 2. The van der Waals surface area contributed by atoms with Gasteiger partial charge in [0.05, 0.1) is 18.0 Å². The molecular weight excluding hydrogens is 340 g/mol. The molecule has 0 unspecified atom stereocenters. The van der Waals surface area contributed by atoms with Gasteiger partial charge in [0.2, 0.25) is 11.8 Å². The van der Waals surface area contributed by atoms with Gasteiger partial charge in [0.15, 0.2) is 0 Å². The van der Waals surface area contributed by atoms with Gasteiger partial charge in [0, 0.05) is 29.8 Å². The van der Waals surface area contributed by atoms with Crippen LogP contribution in [-0.2, 0) is 16.1 Å². The minimum absolute atomic E-state index is 0.0614. The Hall–Kier alpha value is -1.79. The Kier molecular flexibility index (Phi) is 5.26. The van der Waals surface area contributed by atoms with Crippen molar-refractivity contribution in [1.82, 2.24) is 4.90 Å². The minimum Gasteiger partial charge on any atom is -0.341 e. The highest BCUT2D eigenvalue weighted by molar-refractivity contribution is 8.00. The van der Waals surface area contributed by atoms with Crippen molar-refractivity contribution >= 4 is 40.6 Å². The van der Waals surface area contributed by atoms with Crippen LogP contribution >= 0.6 is 23.1 Å². The average molecular weight is 361 g/mol. The van der Waals surface area contributed by atoms with Crippen LogP contribution < -0.4 is 4.90 Å². The molecule has 4 nitrogen and oxygen atoms in total. The summed E-state index contributed by atoms with van der Waals surface area (Å²) >= 11 is 3.23. The van der Waals surface area contributed by atoms with Crippen LogP contribution in [0.4, 0.5) is 5.69 Å². The summed E-state index contributed by atoms with van der Waals surface area (Å²) in [5.74, 6) is 0.574. The Labute approximate surface area is 150 Å². The molecule has 0 aliphatic carbocycles. The van der Waals surface area contributed by atoms with Crippen molar-refractivity contribution < 1.29 is 9.59 Å². The van der Waals surface area contributed by atoms with Crippen LogP contribution in [0.25, 0.3) is 0 Å². The van der Waals surface area contributed by atoms with Crippen LogP contribution in [0, 0.1) is 6.92 Å². The Morgan fingerprint density at radius 3 is 2.83 bits per heavy atom. The molecule has 6 heteroatoms. The summed E-state index contributed by atoms with van der Waals surface area (Å²) in [6, 6.07) is 9.94. The smallest absolute Gasteiger partial charge is 0.237 e. The first-order valence-corrected chi connectivity index (χ1v) is 9.72. The summed E-state index contributed by atoms with van der Waals surface area (Å²) in [4.78, 5) is 30.5. The molecule has 3 rings (SSSR count). The summed E-state index contributed by atoms with van der Waals surface area (Å²) in [5.41, 5.74) is 2.14. The van der Waals surface area contributed by atoms with E-state index in [0.29, 0.717) is 25.3 Å². The van der Waals surface area contributed by atoms with E-state index in [1.165, 1.54) is 10.4 Å². The van der Waals surface area contributed by atoms with Crippen molar-refractivity contribution in [2.75, 3.05) is 24.2 Å². The highest BCUT2D eigenvalue weighted by Gasteiger charge is 2.25. The molecule has 0 saturated heterocycles. The monoisotopic (exact) mass is 360 g/mol. The van der Waals surface area contributed by atoms with Crippen LogP contribution in [-0.4, -0.2) is 36.1 Å². The van der Waals surface area contributed by atoms with Crippen LogP contribution in [0.1, 0.15) is 16.9 Å². The number of nitrogens with zero attached hydrogens (tertiary/aromatic N) is 2. The molecule has 0 N–H and O–H groups in total. The molecule has 24 heavy (non-hydrogen) atoms. The van der Waals surface area contributed by atoms with Gasteiger partial charge in [0.1, 0.15) is 0 Å². The second-order valence-electron chi connectivity index (χ2n) is 5.83. The second kappa shape index (κ2) is 7.40. The van der Waals surface area contributed by atoms with Crippen LogP contribution in [0.2, 0.25) is 0 Å². The summed E-state index contributed by atoms with van der Waals surface area (Å²) in [6.45, 7) is 3.12. The maximum atomic E-state index is 12.4. The maximum absolute atomic E-state index is 12.4. The third-order valence-electron chi connectivity index (χ3n) is 4.13. The standard InChI is InChI=1S/C18H20N2O2S2/c1-13-8-10-23-16(13)11-19(2)17(21)7-9-20-14-5-3-4-6-15(14)24-12-18(20)22/h3-6,8,10H,7,9,11-12H2,1-2H3. The third-order valence-corrected chi connectivity index (χ3v) is 6.19. The van der Waals surface area contributed by atoms with Crippen molar-refractivity contribution in [1.29, 1.82) is 0 Å². The zero-order valence-corrected chi connectivity index (χ0v) is 15.5. The first-order chi connectivity index (χ1) is 11.6. The molecule has 0 saturated carbocycles. The fourth-order valence-corrected chi connectivity index (χ4v) is 4.56. The van der Waals surface area contributed by atoms with Gasteiger partial charge in [-0.2, -0.15) is 0 Å². The van der Waals surface area contributed by atoms with Gasteiger partial charge in [-0.1, -0.05) is 12.1 Å². The first-order valence-electron chi connectivity index (χ1n) is 7.85. The quantitative estimate of drug-likeness (QED) is 0.819. The zero-order valence-electron chi connectivity index (χ0n) is 13.8. The largest absolute Gasteiger partial charge is 0.341 e. The lowest BCUT2D eigenvalue weighted by atomic mass is 10.2. The van der Waals surface area contributed by atoms with E-state index in [-0.39, 0.29) is 11.8 Å². The number of amides is 2. The molecule has 1 aliphatic rings. The van der Waals surface area contributed by atoms with E-state index in [1.54, 1.807) is 32.9 Å². The molecular formula is C18H20N2O2S2. The van der Waals surface area contributed by atoms with Crippen LogP contribution in [0.5, 0.6) is 0 Å². The van der Waals surface area contributed by atoms with E-state index in [2.05, 4.69) is 13.0 Å². The molecule has 0 atom stereocenters. The molecule has 126 valence electrons. The summed E-state index contributed by atoms with van der Waals surface area (Å²) in [7, 11) is 1.82. The van der Waals surface area contributed by atoms with E-state index in [4.69, 9.17) is 0 Å². The third kappa shape index (κ3) is 3.65. The average Bonchev–Trinajstić information content (AvgIpc) is 2.98. The molecule has 0 radical (unpaired) electrons.